The molecule has 0 radical (unpaired) electrons. The molecule has 1 amide bonds. The zero-order valence-corrected chi connectivity index (χ0v) is 14.4. The number of carboxylic acids is 1. The predicted octanol–water partition coefficient (Wildman–Crippen LogP) is 0.934. The van der Waals surface area contributed by atoms with Crippen molar-refractivity contribution in [3.05, 3.63) is 29.6 Å². The molecule has 0 aliphatic carbocycles. The maximum absolute atomic E-state index is 11.9. The molecule has 1 atom stereocenters. The second kappa shape index (κ2) is 7.61. The Bertz CT molecular complexity index is 598. The highest BCUT2D eigenvalue weighted by Gasteiger charge is 2.24. The van der Waals surface area contributed by atoms with Gasteiger partial charge in [0.2, 0.25) is 0 Å². The van der Waals surface area contributed by atoms with Crippen molar-refractivity contribution in [2.24, 2.45) is 0 Å². The van der Waals surface area contributed by atoms with Gasteiger partial charge in [-0.2, -0.15) is 0 Å². The topological polar surface area (TPSA) is 94.6 Å². The third kappa shape index (κ3) is 5.81. The van der Waals surface area contributed by atoms with E-state index in [1.165, 1.54) is 12.3 Å². The fourth-order valence-electron chi connectivity index (χ4n) is 2.73. The number of carbonyl (C=O) groups excluding carboxylic acids is 2. The minimum atomic E-state index is -1.28. The highest BCUT2D eigenvalue weighted by Crippen LogP contribution is 2.15. The Morgan fingerprint density at radius 2 is 2.21 bits per heavy atom. The number of pyridine rings is 1. The Hall–Kier alpha value is -2.15. The van der Waals surface area contributed by atoms with Crippen molar-refractivity contribution < 1.29 is 19.4 Å². The second-order valence-corrected chi connectivity index (χ2v) is 7.06. The predicted molar refractivity (Wildman–Crippen MR) is 86.2 cm³/mol. The van der Waals surface area contributed by atoms with Crippen LogP contribution >= 0.6 is 0 Å². The fraction of sp³-hybridized carbons (Fsp3) is 0.588. The Kier molecular flexibility index (Phi) is 5.77. The maximum Gasteiger partial charge on any atom is 0.407 e. The average Bonchev–Trinajstić information content (AvgIpc) is 2.45. The first kappa shape index (κ1) is 18.2. The first-order valence-corrected chi connectivity index (χ1v) is 8.11. The van der Waals surface area contributed by atoms with Gasteiger partial charge in [0.1, 0.15) is 5.60 Å². The first-order valence-electron chi connectivity index (χ1n) is 8.11. The van der Waals surface area contributed by atoms with Crippen LogP contribution in [0.2, 0.25) is 0 Å². The molecule has 0 spiro atoms. The summed E-state index contributed by atoms with van der Waals surface area (Å²) in [5.74, 6) is -1.28. The van der Waals surface area contributed by atoms with E-state index in [4.69, 9.17) is 4.74 Å². The van der Waals surface area contributed by atoms with Crippen LogP contribution in [-0.2, 0) is 11.3 Å². The van der Waals surface area contributed by atoms with Gasteiger partial charge in [0.25, 0.3) is 0 Å². The van der Waals surface area contributed by atoms with Crippen LogP contribution < -0.4 is 10.4 Å². The molecule has 0 unspecified atom stereocenters. The zero-order valence-electron chi connectivity index (χ0n) is 14.4. The number of carboxylic acid groups (broad SMARTS) is 1. The second-order valence-electron chi connectivity index (χ2n) is 7.06. The van der Waals surface area contributed by atoms with Crippen LogP contribution in [0, 0.1) is 0 Å². The molecule has 1 N–H and O–H groups in total. The zero-order chi connectivity index (χ0) is 17.7. The molecule has 0 saturated carbocycles. The van der Waals surface area contributed by atoms with E-state index < -0.39 is 17.7 Å². The van der Waals surface area contributed by atoms with Crippen LogP contribution in [0.4, 0.5) is 4.79 Å². The molecule has 0 aromatic carbocycles. The van der Waals surface area contributed by atoms with Gasteiger partial charge in [-0.1, -0.05) is 0 Å². The molecule has 2 heterocycles. The van der Waals surface area contributed by atoms with E-state index in [1.807, 2.05) is 20.8 Å². The number of hydrogen-bond donors (Lipinski definition) is 1. The molecule has 1 fully saturated rings. The summed E-state index contributed by atoms with van der Waals surface area (Å²) in [6.07, 6.45) is 2.92. The number of alkyl carbamates (subject to hydrolysis) is 1. The summed E-state index contributed by atoms with van der Waals surface area (Å²) in [7, 11) is 0. The molecular formula is C17H24N3O4-. The van der Waals surface area contributed by atoms with Gasteiger partial charge in [-0.25, -0.2) is 4.79 Å². The van der Waals surface area contributed by atoms with Crippen molar-refractivity contribution in [1.82, 2.24) is 15.2 Å². The van der Waals surface area contributed by atoms with Gasteiger partial charge in [0.15, 0.2) is 0 Å². The summed E-state index contributed by atoms with van der Waals surface area (Å²) in [4.78, 5) is 28.7. The van der Waals surface area contributed by atoms with Gasteiger partial charge in [0, 0.05) is 25.3 Å². The summed E-state index contributed by atoms with van der Waals surface area (Å²) in [6, 6.07) is 3.34. The molecular weight excluding hydrogens is 310 g/mol. The van der Waals surface area contributed by atoms with Crippen LogP contribution in [0.1, 0.15) is 49.7 Å². The molecule has 7 nitrogen and oxygen atoms in total. The lowest BCUT2D eigenvalue weighted by Crippen LogP contribution is -2.48. The molecule has 7 heteroatoms. The molecule has 1 aromatic rings. The molecule has 1 aliphatic rings. The highest BCUT2D eigenvalue weighted by atomic mass is 16.6. The van der Waals surface area contributed by atoms with Crippen LogP contribution in [0.5, 0.6) is 0 Å². The summed E-state index contributed by atoms with van der Waals surface area (Å²) in [5, 5.41) is 13.8. The lowest BCUT2D eigenvalue weighted by molar-refractivity contribution is -0.255. The molecule has 1 aliphatic heterocycles. The molecule has 1 saturated heterocycles. The molecule has 132 valence electrons. The lowest BCUT2D eigenvalue weighted by Gasteiger charge is -2.33. The number of ether oxygens (including phenoxy) is 1. The number of aromatic carboxylic acids is 1. The number of amides is 1. The number of rotatable bonds is 4. The number of nitrogens with one attached hydrogen (secondary N) is 1. The van der Waals surface area contributed by atoms with E-state index in [-0.39, 0.29) is 11.7 Å². The van der Waals surface area contributed by atoms with Crippen molar-refractivity contribution >= 4 is 12.1 Å². The minimum absolute atomic E-state index is 0.0241. The normalized spacial score (nSPS) is 18.9. The van der Waals surface area contributed by atoms with Gasteiger partial charge >= 0.3 is 6.09 Å². The van der Waals surface area contributed by atoms with E-state index in [1.54, 1.807) is 6.07 Å². The Morgan fingerprint density at radius 3 is 2.88 bits per heavy atom. The van der Waals surface area contributed by atoms with Gasteiger partial charge in [0.05, 0.1) is 11.7 Å². The summed E-state index contributed by atoms with van der Waals surface area (Å²) in [6.45, 7) is 7.70. The molecule has 24 heavy (non-hydrogen) atoms. The average molecular weight is 334 g/mol. The smallest absolute Gasteiger partial charge is 0.407 e. The van der Waals surface area contributed by atoms with E-state index in [0.717, 1.165) is 24.9 Å². The number of carbonyl (C=O) groups is 2. The number of piperidine rings is 1. The first-order chi connectivity index (χ1) is 11.2. The van der Waals surface area contributed by atoms with Gasteiger partial charge in [-0.05, 0) is 57.9 Å². The van der Waals surface area contributed by atoms with Crippen molar-refractivity contribution in [2.45, 2.75) is 51.8 Å². The summed E-state index contributed by atoms with van der Waals surface area (Å²) < 4.78 is 5.29. The van der Waals surface area contributed by atoms with Crippen LogP contribution in [0.3, 0.4) is 0 Å². The van der Waals surface area contributed by atoms with Gasteiger partial charge in [-0.3, -0.25) is 9.88 Å². The van der Waals surface area contributed by atoms with Crippen LogP contribution in [0.15, 0.2) is 18.3 Å². The number of nitrogens with zero attached hydrogens (tertiary/aromatic N) is 2. The maximum atomic E-state index is 11.9. The Morgan fingerprint density at radius 1 is 1.46 bits per heavy atom. The highest BCUT2D eigenvalue weighted by molar-refractivity contribution is 5.83. The fourth-order valence-corrected chi connectivity index (χ4v) is 2.73. The van der Waals surface area contributed by atoms with Crippen LogP contribution in [-0.4, -0.2) is 46.7 Å². The Labute approximate surface area is 142 Å². The molecule has 1 aromatic heterocycles. The minimum Gasteiger partial charge on any atom is -0.543 e. The quantitative estimate of drug-likeness (QED) is 0.880. The van der Waals surface area contributed by atoms with E-state index in [2.05, 4.69) is 15.2 Å². The third-order valence-electron chi connectivity index (χ3n) is 3.67. The monoisotopic (exact) mass is 334 g/mol. The number of likely N-dealkylation sites (tertiary alicyclic amines) is 1. The van der Waals surface area contributed by atoms with Crippen LogP contribution in [0.25, 0.3) is 0 Å². The summed E-state index contributed by atoms with van der Waals surface area (Å²) in [5.41, 5.74) is 0.284. The third-order valence-corrected chi connectivity index (χ3v) is 3.67. The van der Waals surface area contributed by atoms with Crippen molar-refractivity contribution in [2.75, 3.05) is 13.1 Å². The SMILES string of the molecule is CC(C)(C)OC(=O)N[C@@H]1CCCN(Cc2ccnc(C(=O)[O-])c2)C1. The van der Waals surface area contributed by atoms with E-state index in [9.17, 15) is 14.7 Å². The number of aromatic nitrogens is 1. The number of hydrogen-bond acceptors (Lipinski definition) is 6. The Balaban J connectivity index is 1.90. The van der Waals surface area contributed by atoms with E-state index >= 15 is 0 Å². The summed E-state index contributed by atoms with van der Waals surface area (Å²) >= 11 is 0. The van der Waals surface area contributed by atoms with Crippen molar-refractivity contribution in [3.63, 3.8) is 0 Å². The standard InChI is InChI=1S/C17H25N3O4/c1-17(2,3)24-16(23)19-13-5-4-8-20(11-13)10-12-6-7-18-14(9-12)15(21)22/h6-7,9,13H,4-5,8,10-11H2,1-3H3,(H,19,23)(H,21,22)/p-1/t13-/m1/s1. The largest absolute Gasteiger partial charge is 0.543 e. The van der Waals surface area contributed by atoms with Crippen molar-refractivity contribution in [1.29, 1.82) is 0 Å². The van der Waals surface area contributed by atoms with Crippen molar-refractivity contribution in [3.8, 4) is 0 Å². The molecule has 0 bridgehead atoms. The lowest BCUT2D eigenvalue weighted by atomic mass is 10.0. The van der Waals surface area contributed by atoms with Gasteiger partial charge in [-0.15, -0.1) is 0 Å². The molecule has 2 rings (SSSR count). The van der Waals surface area contributed by atoms with Gasteiger partial charge < -0.3 is 20.0 Å². The van der Waals surface area contributed by atoms with E-state index in [0.29, 0.717) is 13.1 Å².